The Morgan fingerprint density at radius 3 is 1.33 bits per heavy atom. The monoisotopic (exact) mass is 904 g/mol. The van der Waals surface area contributed by atoms with Gasteiger partial charge < -0.3 is 18.9 Å². The second-order valence-corrected chi connectivity index (χ2v) is 16.5. The second-order valence-electron chi connectivity index (χ2n) is 15.7. The number of nitriles is 2. The van der Waals surface area contributed by atoms with Crippen LogP contribution in [0.25, 0.3) is 77.5 Å². The Morgan fingerprint density at radius 1 is 0.485 bits per heavy atom. The highest BCUT2D eigenvalue weighted by atomic mass is 35.5. The summed E-state index contributed by atoms with van der Waals surface area (Å²) in [5, 5.41) is 20.8. The molecule has 2 aliphatic heterocycles. The first-order chi connectivity index (χ1) is 32.4. The maximum atomic E-state index is 8.83. The number of fused-ring (bicyclic) bond motifs is 8. The lowest BCUT2D eigenvalue weighted by Crippen LogP contribution is -1.95. The smallest absolute Gasteiger partial charge is 0.231 e. The summed E-state index contributed by atoms with van der Waals surface area (Å²) in [5.41, 5.74) is 13.0. The molecule has 6 aromatic carbocycles. The van der Waals surface area contributed by atoms with Gasteiger partial charge in [-0.15, -0.1) is 0 Å². The molecule has 0 spiro atoms. The number of halogens is 2. The van der Waals surface area contributed by atoms with Gasteiger partial charge in [-0.3, -0.25) is 19.1 Å². The van der Waals surface area contributed by atoms with Crippen LogP contribution in [-0.2, 0) is 12.8 Å². The number of ether oxygens (including phenoxy) is 4. The van der Waals surface area contributed by atoms with E-state index < -0.39 is 0 Å². The average Bonchev–Trinajstić information content (AvgIpc) is 4.19. The Kier molecular flexibility index (Phi) is 10.5. The van der Waals surface area contributed by atoms with Crippen molar-refractivity contribution in [2.75, 3.05) is 13.6 Å². The molecule has 0 atom stereocenters. The molecule has 6 heterocycles. The van der Waals surface area contributed by atoms with Gasteiger partial charge in [-0.05, 0) is 108 Å². The summed E-state index contributed by atoms with van der Waals surface area (Å²) in [6, 6.07) is 40.3. The zero-order chi connectivity index (χ0) is 44.7. The number of hydrogen-bond donors (Lipinski definition) is 0. The van der Waals surface area contributed by atoms with E-state index in [1.54, 1.807) is 12.4 Å². The van der Waals surface area contributed by atoms with Crippen molar-refractivity contribution in [3.05, 3.63) is 155 Å². The number of pyridine rings is 2. The van der Waals surface area contributed by atoms with E-state index in [0.717, 1.165) is 113 Å². The minimum absolute atomic E-state index is 0.225. The van der Waals surface area contributed by atoms with E-state index in [1.165, 1.54) is 0 Å². The summed E-state index contributed by atoms with van der Waals surface area (Å²) in [6.45, 7) is 0.451. The highest BCUT2D eigenvalue weighted by Gasteiger charge is 2.20. The Morgan fingerprint density at radius 2 is 0.909 bits per heavy atom. The van der Waals surface area contributed by atoms with E-state index in [0.29, 0.717) is 34.4 Å². The molecule has 2 aliphatic rings. The highest BCUT2D eigenvalue weighted by Crippen LogP contribution is 2.42. The van der Waals surface area contributed by atoms with Crippen LogP contribution in [0.4, 0.5) is 0 Å². The quantitative estimate of drug-likeness (QED) is 0.144. The van der Waals surface area contributed by atoms with Crippen LogP contribution in [-0.4, -0.2) is 42.7 Å². The van der Waals surface area contributed by atoms with E-state index in [4.69, 9.17) is 52.7 Å². The first-order valence-corrected chi connectivity index (χ1v) is 21.8. The molecular weight excluding hydrogens is 872 g/mol. The van der Waals surface area contributed by atoms with Crippen molar-refractivity contribution in [1.29, 1.82) is 10.5 Å². The number of aromatic nitrogens is 6. The molecule has 0 fully saturated rings. The number of nitrogens with zero attached hydrogens (tertiary/aromatic N) is 8. The number of imidazole rings is 2. The summed E-state index contributed by atoms with van der Waals surface area (Å²) in [6.07, 6.45) is 9.66. The van der Waals surface area contributed by atoms with E-state index in [9.17, 15) is 0 Å². The fourth-order valence-electron chi connectivity index (χ4n) is 8.44. The number of rotatable bonds is 8. The Balaban J connectivity index is 0.000000146. The van der Waals surface area contributed by atoms with Gasteiger partial charge in [0.15, 0.2) is 23.0 Å². The highest BCUT2D eigenvalue weighted by molar-refractivity contribution is 6.35. The van der Waals surface area contributed by atoms with Gasteiger partial charge in [0.2, 0.25) is 13.6 Å². The van der Waals surface area contributed by atoms with Crippen molar-refractivity contribution in [2.24, 2.45) is 0 Å². The van der Waals surface area contributed by atoms with E-state index >= 15 is 0 Å². The molecule has 66 heavy (non-hydrogen) atoms. The third-order valence-electron chi connectivity index (χ3n) is 11.8. The molecule has 0 saturated heterocycles. The molecule has 12 nitrogen and oxygen atoms in total. The first-order valence-electron chi connectivity index (χ1n) is 21.1. The van der Waals surface area contributed by atoms with E-state index in [-0.39, 0.29) is 13.6 Å². The molecule has 0 amide bonds. The van der Waals surface area contributed by atoms with Crippen molar-refractivity contribution in [3.8, 4) is 68.8 Å². The van der Waals surface area contributed by atoms with Gasteiger partial charge in [-0.1, -0.05) is 59.6 Å². The maximum absolute atomic E-state index is 8.83. The predicted octanol–water partition coefficient (Wildman–Crippen LogP) is 12.2. The Hall–Kier alpha value is -8.16. The third-order valence-corrected chi connectivity index (χ3v) is 12.4. The molecule has 4 aromatic heterocycles. The SMILES string of the molecule is N#CCCc1ccc(-n2cnc3cnc4cc(Cl)c(-c5ccc6c(c5)OCO6)cc4c32)cc1.N#CCCc1ccc(-n2cnc3cnc4cc(Cl)c(-c5ccc6c(c5)OCO6)cc4c32)cc1. The number of benzene rings is 6. The van der Waals surface area contributed by atoms with Crippen LogP contribution in [0.1, 0.15) is 24.0 Å². The van der Waals surface area contributed by atoms with Crippen LogP contribution in [0.3, 0.4) is 0 Å². The normalized spacial score (nSPS) is 12.4. The largest absolute Gasteiger partial charge is 0.454 e. The molecule has 0 bridgehead atoms. The predicted molar refractivity (Wildman–Crippen MR) is 254 cm³/mol. The van der Waals surface area contributed by atoms with Gasteiger partial charge in [0, 0.05) is 46.1 Å². The summed E-state index contributed by atoms with van der Waals surface area (Å²) >= 11 is 13.3. The summed E-state index contributed by atoms with van der Waals surface area (Å²) in [5.74, 6) is 2.88. The topological polar surface area (TPSA) is 146 Å². The zero-order valence-electron chi connectivity index (χ0n) is 34.9. The van der Waals surface area contributed by atoms with E-state index in [2.05, 4.69) is 102 Å². The average molecular weight is 906 g/mol. The number of aryl methyl sites for hydroxylation is 2. The van der Waals surface area contributed by atoms with Crippen molar-refractivity contribution in [3.63, 3.8) is 0 Å². The molecule has 0 unspecified atom stereocenters. The first kappa shape index (κ1) is 40.6. The van der Waals surface area contributed by atoms with Gasteiger partial charge in [0.25, 0.3) is 0 Å². The second kappa shape index (κ2) is 17.1. The van der Waals surface area contributed by atoms with Gasteiger partial charge in [0.05, 0.1) is 56.6 Å². The van der Waals surface area contributed by atoms with Crippen molar-refractivity contribution >= 4 is 67.1 Å². The fraction of sp³-hybridized carbons (Fsp3) is 0.115. The molecule has 320 valence electrons. The molecule has 0 N–H and O–H groups in total. The molecule has 0 saturated carbocycles. The molecule has 14 heteroatoms. The van der Waals surface area contributed by atoms with Crippen LogP contribution in [0.15, 0.2) is 134 Å². The molecular formula is C52H34Cl2N8O4. The third kappa shape index (κ3) is 7.48. The van der Waals surface area contributed by atoms with Crippen LogP contribution < -0.4 is 18.9 Å². The Labute approximate surface area is 387 Å². The standard InChI is InChI=1S/2C26H17ClN4O2/c2*27-21-12-22-20(11-19(21)17-5-8-24-25(10-17)33-15-32-24)26-23(13-29-22)30-14-31(26)18-6-3-16(4-7-18)2-1-9-28/h2*3-8,10-14H,1-2,15H2. The molecule has 0 radical (unpaired) electrons. The summed E-state index contributed by atoms with van der Waals surface area (Å²) in [7, 11) is 0. The van der Waals surface area contributed by atoms with Crippen molar-refractivity contribution < 1.29 is 18.9 Å². The summed E-state index contributed by atoms with van der Waals surface area (Å²) < 4.78 is 26.1. The van der Waals surface area contributed by atoms with Crippen LogP contribution in [0.2, 0.25) is 10.0 Å². The van der Waals surface area contributed by atoms with E-state index in [1.807, 2.05) is 61.2 Å². The molecule has 12 rings (SSSR count). The van der Waals surface area contributed by atoms with Crippen molar-refractivity contribution in [2.45, 2.75) is 25.7 Å². The lowest BCUT2D eigenvalue weighted by atomic mass is 10.0. The van der Waals surface area contributed by atoms with Crippen LogP contribution in [0, 0.1) is 22.7 Å². The van der Waals surface area contributed by atoms with Crippen LogP contribution >= 0.6 is 23.2 Å². The maximum Gasteiger partial charge on any atom is 0.231 e. The zero-order valence-corrected chi connectivity index (χ0v) is 36.4. The minimum atomic E-state index is 0.225. The van der Waals surface area contributed by atoms with Crippen LogP contribution in [0.5, 0.6) is 23.0 Å². The van der Waals surface area contributed by atoms with Gasteiger partial charge in [-0.25, -0.2) is 9.97 Å². The lowest BCUT2D eigenvalue weighted by Gasteiger charge is -2.11. The van der Waals surface area contributed by atoms with Gasteiger partial charge in [-0.2, -0.15) is 10.5 Å². The molecule has 10 aromatic rings. The minimum Gasteiger partial charge on any atom is -0.454 e. The lowest BCUT2D eigenvalue weighted by molar-refractivity contribution is 0.173. The summed E-state index contributed by atoms with van der Waals surface area (Å²) in [4.78, 5) is 18.3. The van der Waals surface area contributed by atoms with Crippen molar-refractivity contribution in [1.82, 2.24) is 29.1 Å². The van der Waals surface area contributed by atoms with Gasteiger partial charge in [0.1, 0.15) is 23.7 Å². The molecule has 0 aliphatic carbocycles. The Bertz CT molecular complexity index is 3380. The van der Waals surface area contributed by atoms with Gasteiger partial charge >= 0.3 is 0 Å². The fourth-order valence-corrected chi connectivity index (χ4v) is 8.97. The number of hydrogen-bond acceptors (Lipinski definition) is 10.